The van der Waals surface area contributed by atoms with E-state index in [1.165, 1.54) is 5.56 Å². The number of carbonyl (C=O) groups is 2. The molecule has 0 spiro atoms. The van der Waals surface area contributed by atoms with Crippen LogP contribution in [-0.2, 0) is 11.3 Å². The number of amides is 2. The first kappa shape index (κ1) is 31.7. The van der Waals surface area contributed by atoms with Crippen LogP contribution in [0.15, 0.2) is 79.3 Å². The van der Waals surface area contributed by atoms with Gasteiger partial charge in [-0.1, -0.05) is 31.5 Å². The minimum Gasteiger partial charge on any atom is -0.355 e. The van der Waals surface area contributed by atoms with Crippen molar-refractivity contribution in [2.24, 2.45) is 0 Å². The highest BCUT2D eigenvalue weighted by Crippen LogP contribution is 2.25. The minimum absolute atomic E-state index is 0.155. The molecule has 0 saturated carbocycles. The number of hydrogen-bond donors (Lipinski definition) is 3. The SMILES string of the molecule is CCCCC(=O)NCCN1CCN(Cc2ccc(C(=O)Nc3ccc(C)c(Nc4nccc(-c5cccnc5)n4)c3)cc2)CC1. The second kappa shape index (κ2) is 15.9. The molecule has 0 aliphatic carbocycles. The quantitative estimate of drug-likeness (QED) is 0.189. The number of unbranched alkanes of at least 4 members (excludes halogenated alkanes) is 1. The van der Waals surface area contributed by atoms with Gasteiger partial charge in [-0.25, -0.2) is 9.97 Å². The zero-order chi connectivity index (χ0) is 31.4. The fourth-order valence-electron chi connectivity index (χ4n) is 5.22. The Hall–Kier alpha value is -4.67. The highest BCUT2D eigenvalue weighted by atomic mass is 16.2. The lowest BCUT2D eigenvalue weighted by Crippen LogP contribution is -2.48. The first-order valence-electron chi connectivity index (χ1n) is 15.7. The van der Waals surface area contributed by atoms with Crippen molar-refractivity contribution in [2.75, 3.05) is 49.9 Å². The van der Waals surface area contributed by atoms with E-state index in [-0.39, 0.29) is 11.8 Å². The molecule has 234 valence electrons. The van der Waals surface area contributed by atoms with Crippen LogP contribution < -0.4 is 16.0 Å². The average molecular weight is 607 g/mol. The molecule has 2 aromatic heterocycles. The lowest BCUT2D eigenvalue weighted by Gasteiger charge is -2.34. The van der Waals surface area contributed by atoms with Crippen LogP contribution in [0.2, 0.25) is 0 Å². The molecule has 10 nitrogen and oxygen atoms in total. The zero-order valence-electron chi connectivity index (χ0n) is 26.1. The summed E-state index contributed by atoms with van der Waals surface area (Å²) in [5.74, 6) is 0.454. The lowest BCUT2D eigenvalue weighted by molar-refractivity contribution is -0.121. The largest absolute Gasteiger partial charge is 0.355 e. The van der Waals surface area contributed by atoms with Crippen LogP contribution in [0, 0.1) is 6.92 Å². The van der Waals surface area contributed by atoms with Crippen molar-refractivity contribution in [3.05, 3.63) is 95.9 Å². The molecule has 2 amide bonds. The first-order valence-corrected chi connectivity index (χ1v) is 15.7. The van der Waals surface area contributed by atoms with E-state index in [4.69, 9.17) is 0 Å². The number of aryl methyl sites for hydroxylation is 1. The van der Waals surface area contributed by atoms with E-state index in [1.807, 2.05) is 67.6 Å². The highest BCUT2D eigenvalue weighted by molar-refractivity contribution is 6.04. The summed E-state index contributed by atoms with van der Waals surface area (Å²) < 4.78 is 0. The number of anilines is 3. The summed E-state index contributed by atoms with van der Waals surface area (Å²) in [6.07, 6.45) is 7.81. The van der Waals surface area contributed by atoms with E-state index < -0.39 is 0 Å². The van der Waals surface area contributed by atoms with Crippen LogP contribution in [-0.4, -0.2) is 75.8 Å². The number of pyridine rings is 1. The van der Waals surface area contributed by atoms with Crippen molar-refractivity contribution in [1.82, 2.24) is 30.1 Å². The molecule has 0 unspecified atom stereocenters. The Morgan fingerprint density at radius 3 is 2.49 bits per heavy atom. The summed E-state index contributed by atoms with van der Waals surface area (Å²) >= 11 is 0. The van der Waals surface area contributed by atoms with Gasteiger partial charge in [0.15, 0.2) is 0 Å². The third-order valence-corrected chi connectivity index (χ3v) is 7.95. The number of rotatable bonds is 13. The smallest absolute Gasteiger partial charge is 0.255 e. The molecular formula is C35H42N8O2. The van der Waals surface area contributed by atoms with Crippen molar-refractivity contribution in [1.29, 1.82) is 0 Å². The molecule has 45 heavy (non-hydrogen) atoms. The normalized spacial score (nSPS) is 13.7. The molecule has 1 aliphatic heterocycles. The van der Waals surface area contributed by atoms with Gasteiger partial charge >= 0.3 is 0 Å². The van der Waals surface area contributed by atoms with Gasteiger partial charge in [-0.2, -0.15) is 0 Å². The number of benzene rings is 2. The number of hydrogen-bond acceptors (Lipinski definition) is 8. The molecule has 5 rings (SSSR count). The Bertz CT molecular complexity index is 1550. The Balaban J connectivity index is 1.10. The van der Waals surface area contributed by atoms with Crippen LogP contribution in [0.4, 0.5) is 17.3 Å². The summed E-state index contributed by atoms with van der Waals surface area (Å²) in [4.78, 5) is 42.9. The minimum atomic E-state index is -0.165. The van der Waals surface area contributed by atoms with Gasteiger partial charge in [0.25, 0.3) is 5.91 Å². The van der Waals surface area contributed by atoms with Crippen molar-refractivity contribution in [3.63, 3.8) is 0 Å². The summed E-state index contributed by atoms with van der Waals surface area (Å²) in [5.41, 5.74) is 5.95. The molecule has 1 fully saturated rings. The molecule has 3 heterocycles. The number of nitrogens with zero attached hydrogens (tertiary/aromatic N) is 5. The topological polar surface area (TPSA) is 115 Å². The number of piperazine rings is 1. The van der Waals surface area contributed by atoms with Gasteiger partial charge in [-0.15, -0.1) is 0 Å². The van der Waals surface area contributed by atoms with Crippen LogP contribution in [0.25, 0.3) is 11.3 Å². The molecule has 4 aromatic rings. The zero-order valence-corrected chi connectivity index (χ0v) is 26.1. The molecular weight excluding hydrogens is 564 g/mol. The Morgan fingerprint density at radius 2 is 1.73 bits per heavy atom. The molecule has 1 aliphatic rings. The van der Waals surface area contributed by atoms with Gasteiger partial charge in [0.05, 0.1) is 5.69 Å². The van der Waals surface area contributed by atoms with Crippen molar-refractivity contribution in [2.45, 2.75) is 39.7 Å². The number of carbonyl (C=O) groups excluding carboxylic acids is 2. The Labute approximate surface area is 265 Å². The molecule has 1 saturated heterocycles. The Morgan fingerprint density at radius 1 is 0.933 bits per heavy atom. The molecule has 0 atom stereocenters. The van der Waals surface area contributed by atoms with Gasteiger partial charge in [0.2, 0.25) is 11.9 Å². The molecule has 2 aromatic carbocycles. The van der Waals surface area contributed by atoms with Crippen LogP contribution in [0.5, 0.6) is 0 Å². The van der Waals surface area contributed by atoms with E-state index in [9.17, 15) is 9.59 Å². The maximum absolute atomic E-state index is 13.1. The summed E-state index contributed by atoms with van der Waals surface area (Å²) in [7, 11) is 0. The maximum Gasteiger partial charge on any atom is 0.255 e. The molecule has 0 radical (unpaired) electrons. The predicted molar refractivity (Wildman–Crippen MR) is 178 cm³/mol. The second-order valence-electron chi connectivity index (χ2n) is 11.4. The third kappa shape index (κ3) is 9.41. The lowest BCUT2D eigenvalue weighted by atomic mass is 10.1. The van der Waals surface area contributed by atoms with Crippen LogP contribution >= 0.6 is 0 Å². The Kier molecular flexibility index (Phi) is 11.2. The van der Waals surface area contributed by atoms with Gasteiger partial charge in [-0.3, -0.25) is 24.4 Å². The van der Waals surface area contributed by atoms with Gasteiger partial charge < -0.3 is 16.0 Å². The van der Waals surface area contributed by atoms with E-state index in [0.29, 0.717) is 30.2 Å². The number of aromatic nitrogens is 3. The monoisotopic (exact) mass is 606 g/mol. The molecule has 3 N–H and O–H groups in total. The van der Waals surface area contributed by atoms with Gasteiger partial charge in [-0.05, 0) is 66.9 Å². The van der Waals surface area contributed by atoms with Gasteiger partial charge in [0, 0.05) is 93.3 Å². The first-order chi connectivity index (χ1) is 22.0. The average Bonchev–Trinajstić information content (AvgIpc) is 3.07. The summed E-state index contributed by atoms with van der Waals surface area (Å²) in [5, 5.41) is 9.34. The van der Waals surface area contributed by atoms with Crippen molar-refractivity contribution in [3.8, 4) is 11.3 Å². The standard InChI is InChI=1S/C35H42N8O2/c1-3-4-7-33(44)37-17-18-42-19-21-43(22-20-42)25-27-9-11-28(12-10-27)34(45)39-30-13-8-26(2)32(23-30)41-35-38-16-14-31(40-35)29-6-5-15-36-24-29/h5-6,8-16,23-24H,3-4,7,17-22,25H2,1-2H3,(H,37,44)(H,39,45)(H,38,40,41). The maximum atomic E-state index is 13.1. The fraction of sp³-hybridized carbons (Fsp3) is 0.343. The van der Waals surface area contributed by atoms with Crippen LogP contribution in [0.1, 0.15) is 47.7 Å². The van der Waals surface area contributed by atoms with Gasteiger partial charge in [0.1, 0.15) is 0 Å². The summed E-state index contributed by atoms with van der Waals surface area (Å²) in [6, 6.07) is 19.2. The third-order valence-electron chi connectivity index (χ3n) is 7.95. The highest BCUT2D eigenvalue weighted by Gasteiger charge is 2.17. The van der Waals surface area contributed by atoms with E-state index in [1.54, 1.807) is 18.6 Å². The second-order valence-corrected chi connectivity index (χ2v) is 11.4. The van der Waals surface area contributed by atoms with E-state index in [0.717, 1.165) is 74.6 Å². The van der Waals surface area contributed by atoms with Crippen molar-refractivity contribution < 1.29 is 9.59 Å². The van der Waals surface area contributed by atoms with Crippen LogP contribution in [0.3, 0.4) is 0 Å². The number of nitrogens with one attached hydrogen (secondary N) is 3. The molecule has 0 bridgehead atoms. The van der Waals surface area contributed by atoms with E-state index >= 15 is 0 Å². The van der Waals surface area contributed by atoms with E-state index in [2.05, 4.69) is 47.6 Å². The fourth-order valence-corrected chi connectivity index (χ4v) is 5.22. The molecule has 10 heteroatoms. The summed E-state index contributed by atoms with van der Waals surface area (Å²) in [6.45, 7) is 10.5. The predicted octanol–water partition coefficient (Wildman–Crippen LogP) is 5.27. The van der Waals surface area contributed by atoms with Crippen molar-refractivity contribution >= 4 is 29.1 Å².